The first-order chi connectivity index (χ1) is 16.3. The lowest BCUT2D eigenvalue weighted by atomic mass is 9.97. The van der Waals surface area contributed by atoms with Crippen LogP contribution < -0.4 is 10.6 Å². The van der Waals surface area contributed by atoms with Crippen LogP contribution in [0.25, 0.3) is 0 Å². The molecule has 1 fully saturated rings. The van der Waals surface area contributed by atoms with Gasteiger partial charge in [-0.25, -0.2) is 12.8 Å². The Balaban J connectivity index is 1.29. The summed E-state index contributed by atoms with van der Waals surface area (Å²) in [7, 11) is -3.69. The van der Waals surface area contributed by atoms with Crippen LogP contribution in [-0.2, 0) is 14.8 Å². The molecule has 1 atom stereocenters. The van der Waals surface area contributed by atoms with E-state index >= 15 is 0 Å². The maximum absolute atomic E-state index is 13.1. The quantitative estimate of drug-likeness (QED) is 0.496. The Morgan fingerprint density at radius 2 is 1.50 bits per heavy atom. The predicted molar refractivity (Wildman–Crippen MR) is 131 cm³/mol. The summed E-state index contributed by atoms with van der Waals surface area (Å²) in [6.07, 6.45) is 0.862. The van der Waals surface area contributed by atoms with Crippen molar-refractivity contribution in [3.63, 3.8) is 0 Å². The molecule has 8 heteroatoms. The number of rotatable bonds is 7. The number of piperidine rings is 1. The van der Waals surface area contributed by atoms with E-state index in [-0.39, 0.29) is 35.9 Å². The molecule has 1 amide bonds. The van der Waals surface area contributed by atoms with Gasteiger partial charge in [-0.15, -0.1) is 0 Å². The molecular formula is C26H28FN3O3S. The summed E-state index contributed by atoms with van der Waals surface area (Å²) >= 11 is 0. The van der Waals surface area contributed by atoms with E-state index in [1.54, 1.807) is 0 Å². The van der Waals surface area contributed by atoms with E-state index in [0.29, 0.717) is 18.5 Å². The minimum absolute atomic E-state index is 0.0621. The van der Waals surface area contributed by atoms with Crippen LogP contribution in [0.1, 0.15) is 31.4 Å². The molecule has 3 aromatic carbocycles. The van der Waals surface area contributed by atoms with Crippen LogP contribution in [0.5, 0.6) is 0 Å². The van der Waals surface area contributed by atoms with Gasteiger partial charge < -0.3 is 10.6 Å². The van der Waals surface area contributed by atoms with Gasteiger partial charge in [-0.1, -0.05) is 30.3 Å². The number of nitrogens with one attached hydrogen (secondary N) is 2. The van der Waals surface area contributed by atoms with E-state index < -0.39 is 15.8 Å². The van der Waals surface area contributed by atoms with E-state index in [4.69, 9.17) is 0 Å². The Morgan fingerprint density at radius 1 is 0.912 bits per heavy atom. The largest absolute Gasteiger partial charge is 0.379 e. The van der Waals surface area contributed by atoms with Gasteiger partial charge in [-0.05, 0) is 73.9 Å². The van der Waals surface area contributed by atoms with Crippen molar-refractivity contribution in [2.75, 3.05) is 23.7 Å². The number of carbonyl (C=O) groups excluding carboxylic acids is 1. The number of anilines is 2. The number of hydrogen-bond acceptors (Lipinski definition) is 4. The number of carbonyl (C=O) groups is 1. The average molecular weight is 482 g/mol. The second-order valence-electron chi connectivity index (χ2n) is 8.48. The summed E-state index contributed by atoms with van der Waals surface area (Å²) in [5, 5.41) is 6.38. The molecule has 1 aliphatic rings. The number of benzene rings is 3. The van der Waals surface area contributed by atoms with Crippen molar-refractivity contribution < 1.29 is 17.6 Å². The van der Waals surface area contributed by atoms with E-state index in [1.165, 1.54) is 22.0 Å². The minimum atomic E-state index is -3.69. The summed E-state index contributed by atoms with van der Waals surface area (Å²) in [5.41, 5.74) is 2.84. The van der Waals surface area contributed by atoms with Crippen molar-refractivity contribution in [3.8, 4) is 0 Å². The summed E-state index contributed by atoms with van der Waals surface area (Å²) in [6, 6.07) is 22.7. The van der Waals surface area contributed by atoms with Gasteiger partial charge in [0.2, 0.25) is 15.9 Å². The molecule has 0 aliphatic carbocycles. The zero-order chi connectivity index (χ0) is 24.1. The van der Waals surface area contributed by atoms with Gasteiger partial charge in [0.1, 0.15) is 5.82 Å². The summed E-state index contributed by atoms with van der Waals surface area (Å²) < 4.78 is 40.0. The van der Waals surface area contributed by atoms with Gasteiger partial charge in [-0.3, -0.25) is 4.79 Å². The van der Waals surface area contributed by atoms with Gasteiger partial charge in [-0.2, -0.15) is 4.31 Å². The Hall–Kier alpha value is -3.23. The summed E-state index contributed by atoms with van der Waals surface area (Å²) in [5.74, 6) is -0.864. The molecule has 3 aromatic rings. The second-order valence-corrected chi connectivity index (χ2v) is 10.4. The Labute approximate surface area is 199 Å². The molecule has 4 rings (SSSR count). The van der Waals surface area contributed by atoms with Crippen molar-refractivity contribution >= 4 is 27.3 Å². The smallest absolute Gasteiger partial charge is 0.243 e. The van der Waals surface area contributed by atoms with Crippen LogP contribution in [0.15, 0.2) is 83.8 Å². The molecule has 2 N–H and O–H groups in total. The Kier molecular flexibility index (Phi) is 7.29. The van der Waals surface area contributed by atoms with E-state index in [0.717, 1.165) is 17.8 Å². The third-order valence-corrected chi connectivity index (χ3v) is 8.02. The number of amides is 1. The SMILES string of the molecule is CC(Nc1ccc(NC(=O)C2CCN(S(=O)(=O)c3ccc(F)cc3)CC2)cc1)c1ccccc1. The van der Waals surface area contributed by atoms with Crippen molar-refractivity contribution in [2.24, 2.45) is 5.92 Å². The fourth-order valence-corrected chi connectivity index (χ4v) is 5.55. The Morgan fingerprint density at radius 3 is 2.12 bits per heavy atom. The lowest BCUT2D eigenvalue weighted by Crippen LogP contribution is -2.41. The van der Waals surface area contributed by atoms with Gasteiger partial charge in [0, 0.05) is 36.4 Å². The average Bonchev–Trinajstić information content (AvgIpc) is 2.86. The van der Waals surface area contributed by atoms with E-state index in [1.807, 2.05) is 42.5 Å². The first-order valence-electron chi connectivity index (χ1n) is 11.3. The fraction of sp³-hybridized carbons (Fsp3) is 0.269. The molecule has 0 spiro atoms. The Bertz CT molecular complexity index is 1210. The number of nitrogens with zero attached hydrogens (tertiary/aromatic N) is 1. The molecule has 6 nitrogen and oxygen atoms in total. The zero-order valence-corrected chi connectivity index (χ0v) is 19.8. The fourth-order valence-electron chi connectivity index (χ4n) is 4.08. The van der Waals surface area contributed by atoms with Gasteiger partial charge >= 0.3 is 0 Å². The van der Waals surface area contributed by atoms with Crippen LogP contribution in [0.4, 0.5) is 15.8 Å². The molecule has 0 saturated carbocycles. The highest BCUT2D eigenvalue weighted by atomic mass is 32.2. The molecule has 1 saturated heterocycles. The highest BCUT2D eigenvalue weighted by molar-refractivity contribution is 7.89. The zero-order valence-electron chi connectivity index (χ0n) is 18.9. The summed E-state index contributed by atoms with van der Waals surface area (Å²) in [6.45, 7) is 2.59. The molecule has 0 bridgehead atoms. The van der Waals surface area contributed by atoms with Crippen molar-refractivity contribution in [2.45, 2.75) is 30.7 Å². The number of hydrogen-bond donors (Lipinski definition) is 2. The number of sulfonamides is 1. The van der Waals surface area contributed by atoms with Crippen molar-refractivity contribution in [1.82, 2.24) is 4.31 Å². The van der Waals surface area contributed by atoms with Gasteiger partial charge in [0.05, 0.1) is 4.90 Å². The molecule has 0 radical (unpaired) electrons. The highest BCUT2D eigenvalue weighted by Crippen LogP contribution is 2.26. The maximum Gasteiger partial charge on any atom is 0.243 e. The highest BCUT2D eigenvalue weighted by Gasteiger charge is 2.32. The summed E-state index contributed by atoms with van der Waals surface area (Å²) in [4.78, 5) is 12.8. The number of halogens is 1. The first kappa shape index (κ1) is 23.9. The molecule has 0 aromatic heterocycles. The maximum atomic E-state index is 13.1. The third kappa shape index (κ3) is 5.63. The lowest BCUT2D eigenvalue weighted by molar-refractivity contribution is -0.120. The van der Waals surface area contributed by atoms with Crippen LogP contribution in [0, 0.1) is 11.7 Å². The van der Waals surface area contributed by atoms with E-state index in [9.17, 15) is 17.6 Å². The van der Waals surface area contributed by atoms with Crippen LogP contribution in [0.2, 0.25) is 0 Å². The lowest BCUT2D eigenvalue weighted by Gasteiger charge is -2.30. The normalized spacial score (nSPS) is 16.1. The van der Waals surface area contributed by atoms with E-state index in [2.05, 4.69) is 29.7 Å². The van der Waals surface area contributed by atoms with Crippen LogP contribution in [0.3, 0.4) is 0 Å². The van der Waals surface area contributed by atoms with Crippen molar-refractivity contribution in [3.05, 3.63) is 90.2 Å². The molecule has 1 heterocycles. The van der Waals surface area contributed by atoms with Gasteiger partial charge in [0.25, 0.3) is 0 Å². The molecular weight excluding hydrogens is 453 g/mol. The van der Waals surface area contributed by atoms with Crippen LogP contribution >= 0.6 is 0 Å². The first-order valence-corrected chi connectivity index (χ1v) is 12.7. The molecule has 34 heavy (non-hydrogen) atoms. The third-order valence-electron chi connectivity index (χ3n) is 6.11. The molecule has 1 unspecified atom stereocenters. The molecule has 1 aliphatic heterocycles. The van der Waals surface area contributed by atoms with Gasteiger partial charge in [0.15, 0.2) is 0 Å². The van der Waals surface area contributed by atoms with Crippen LogP contribution in [-0.4, -0.2) is 31.7 Å². The van der Waals surface area contributed by atoms with Crippen molar-refractivity contribution in [1.29, 1.82) is 0 Å². The topological polar surface area (TPSA) is 78.5 Å². The minimum Gasteiger partial charge on any atom is -0.379 e. The predicted octanol–water partition coefficient (Wildman–Crippen LogP) is 5.04. The monoisotopic (exact) mass is 481 g/mol. The standard InChI is InChI=1S/C26H28FN3O3S/c1-19(20-5-3-2-4-6-20)28-23-9-11-24(12-10-23)29-26(31)21-15-17-30(18-16-21)34(32,33)25-13-7-22(27)8-14-25/h2-14,19,21,28H,15-18H2,1H3,(H,29,31). The molecule has 178 valence electrons. The second kappa shape index (κ2) is 10.4.